The summed E-state index contributed by atoms with van der Waals surface area (Å²) in [5, 5.41) is 4.19. The lowest BCUT2D eigenvalue weighted by Gasteiger charge is -2.35. The number of amides is 2. The van der Waals surface area contributed by atoms with E-state index in [1.165, 1.54) is 0 Å². The highest BCUT2D eigenvalue weighted by Crippen LogP contribution is 2.13. The van der Waals surface area contributed by atoms with Gasteiger partial charge in [-0.15, -0.1) is 0 Å². The molecular weight excluding hydrogens is 342 g/mol. The van der Waals surface area contributed by atoms with E-state index in [-0.39, 0.29) is 11.8 Å². The molecule has 144 valence electrons. The Hall–Kier alpha value is -2.67. The molecule has 1 saturated heterocycles. The predicted molar refractivity (Wildman–Crippen MR) is 104 cm³/mol. The van der Waals surface area contributed by atoms with Gasteiger partial charge >= 0.3 is 0 Å². The minimum absolute atomic E-state index is 0.0386. The molecule has 0 unspecified atom stereocenters. The summed E-state index contributed by atoms with van der Waals surface area (Å²) < 4.78 is 1.76. The second-order valence-electron chi connectivity index (χ2n) is 6.63. The SMILES string of the molecule is CCN(CC)C(=O)CN1CCN(C(=O)c2ccc(-n3cccn3)cc2)CC1. The molecule has 1 aromatic heterocycles. The van der Waals surface area contributed by atoms with Crippen molar-refractivity contribution < 1.29 is 9.59 Å². The quantitative estimate of drug-likeness (QED) is 0.774. The summed E-state index contributed by atoms with van der Waals surface area (Å²) in [6.45, 7) is 8.64. The Morgan fingerprint density at radius 3 is 2.26 bits per heavy atom. The standard InChI is InChI=1S/C20H27N5O2/c1-3-23(4-2)19(26)16-22-12-14-24(15-13-22)20(27)17-6-8-18(9-7-17)25-11-5-10-21-25/h5-11H,3-4,12-16H2,1-2H3. The van der Waals surface area contributed by atoms with Crippen LogP contribution in [0.15, 0.2) is 42.7 Å². The molecule has 0 atom stereocenters. The number of hydrogen-bond acceptors (Lipinski definition) is 4. The van der Waals surface area contributed by atoms with E-state index >= 15 is 0 Å². The summed E-state index contributed by atoms with van der Waals surface area (Å²) in [5.74, 6) is 0.200. The largest absolute Gasteiger partial charge is 0.342 e. The van der Waals surface area contributed by atoms with E-state index in [1.807, 2.05) is 60.2 Å². The first-order valence-corrected chi connectivity index (χ1v) is 9.51. The highest BCUT2D eigenvalue weighted by atomic mass is 16.2. The maximum Gasteiger partial charge on any atom is 0.253 e. The fourth-order valence-electron chi connectivity index (χ4n) is 3.34. The molecule has 1 aromatic carbocycles. The summed E-state index contributed by atoms with van der Waals surface area (Å²) in [7, 11) is 0. The molecule has 0 radical (unpaired) electrons. The number of likely N-dealkylation sites (N-methyl/N-ethyl adjacent to an activating group) is 1. The molecular formula is C20H27N5O2. The molecule has 1 aliphatic rings. The first-order chi connectivity index (χ1) is 13.1. The first-order valence-electron chi connectivity index (χ1n) is 9.51. The lowest BCUT2D eigenvalue weighted by molar-refractivity contribution is -0.132. The number of nitrogens with zero attached hydrogens (tertiary/aromatic N) is 5. The van der Waals surface area contributed by atoms with Crippen LogP contribution in [0.3, 0.4) is 0 Å². The van der Waals surface area contributed by atoms with Gasteiger partial charge < -0.3 is 9.80 Å². The predicted octanol–water partition coefficient (Wildman–Crippen LogP) is 1.50. The average Bonchev–Trinajstić information content (AvgIpc) is 3.24. The van der Waals surface area contributed by atoms with Crippen molar-refractivity contribution in [3.63, 3.8) is 0 Å². The van der Waals surface area contributed by atoms with Crippen molar-refractivity contribution >= 4 is 11.8 Å². The maximum atomic E-state index is 12.7. The summed E-state index contributed by atoms with van der Waals surface area (Å²) in [6, 6.07) is 9.35. The van der Waals surface area contributed by atoms with Crippen LogP contribution in [0.1, 0.15) is 24.2 Å². The van der Waals surface area contributed by atoms with Gasteiger partial charge in [0.15, 0.2) is 0 Å². The molecule has 3 rings (SSSR count). The Kier molecular flexibility index (Phi) is 6.24. The molecule has 0 spiro atoms. The molecule has 0 N–H and O–H groups in total. The van der Waals surface area contributed by atoms with Crippen LogP contribution in [0, 0.1) is 0 Å². The van der Waals surface area contributed by atoms with Gasteiger partial charge in [0, 0.05) is 57.2 Å². The van der Waals surface area contributed by atoms with Crippen molar-refractivity contribution in [2.75, 3.05) is 45.8 Å². The van der Waals surface area contributed by atoms with E-state index in [0.29, 0.717) is 25.2 Å². The Bertz CT molecular complexity index is 745. The van der Waals surface area contributed by atoms with Gasteiger partial charge in [-0.05, 0) is 44.2 Å². The van der Waals surface area contributed by atoms with Gasteiger partial charge in [-0.2, -0.15) is 5.10 Å². The van der Waals surface area contributed by atoms with Crippen molar-refractivity contribution in [2.45, 2.75) is 13.8 Å². The second-order valence-corrected chi connectivity index (χ2v) is 6.63. The molecule has 0 saturated carbocycles. The Labute approximate surface area is 160 Å². The monoisotopic (exact) mass is 369 g/mol. The number of carbonyl (C=O) groups is 2. The van der Waals surface area contributed by atoms with Crippen LogP contribution in [0.4, 0.5) is 0 Å². The van der Waals surface area contributed by atoms with Crippen LogP contribution in [-0.4, -0.2) is 82.1 Å². The van der Waals surface area contributed by atoms with Crippen molar-refractivity contribution in [3.8, 4) is 5.69 Å². The van der Waals surface area contributed by atoms with Crippen molar-refractivity contribution in [1.82, 2.24) is 24.5 Å². The van der Waals surface area contributed by atoms with Crippen LogP contribution >= 0.6 is 0 Å². The van der Waals surface area contributed by atoms with Gasteiger partial charge in [0.25, 0.3) is 5.91 Å². The third-order valence-electron chi connectivity index (χ3n) is 5.02. The fourth-order valence-corrected chi connectivity index (χ4v) is 3.34. The number of benzene rings is 1. The number of aromatic nitrogens is 2. The third-order valence-corrected chi connectivity index (χ3v) is 5.02. The molecule has 7 nitrogen and oxygen atoms in total. The summed E-state index contributed by atoms with van der Waals surface area (Å²) in [6.07, 6.45) is 3.60. The average molecular weight is 369 g/mol. The molecule has 1 aliphatic heterocycles. The fraction of sp³-hybridized carbons (Fsp3) is 0.450. The summed E-state index contributed by atoms with van der Waals surface area (Å²) >= 11 is 0. The lowest BCUT2D eigenvalue weighted by Crippen LogP contribution is -2.51. The number of piperazine rings is 1. The van der Waals surface area contributed by atoms with Crippen molar-refractivity contribution in [2.24, 2.45) is 0 Å². The Balaban J connectivity index is 1.53. The zero-order chi connectivity index (χ0) is 19.2. The van der Waals surface area contributed by atoms with Gasteiger partial charge in [0.1, 0.15) is 0 Å². The number of hydrogen-bond donors (Lipinski definition) is 0. The molecule has 2 heterocycles. The van der Waals surface area contributed by atoms with Gasteiger partial charge in [0.2, 0.25) is 5.91 Å². The van der Waals surface area contributed by atoms with Gasteiger partial charge in [-0.25, -0.2) is 4.68 Å². The first kappa shape index (κ1) is 19.1. The normalized spacial score (nSPS) is 15.0. The molecule has 0 aliphatic carbocycles. The van der Waals surface area contributed by atoms with Crippen LogP contribution < -0.4 is 0 Å². The van der Waals surface area contributed by atoms with Crippen LogP contribution in [0.2, 0.25) is 0 Å². The highest BCUT2D eigenvalue weighted by molar-refractivity contribution is 5.94. The van der Waals surface area contributed by atoms with Gasteiger partial charge in [-0.3, -0.25) is 14.5 Å². The van der Waals surface area contributed by atoms with Crippen LogP contribution in [0.25, 0.3) is 5.69 Å². The summed E-state index contributed by atoms with van der Waals surface area (Å²) in [4.78, 5) is 30.8. The highest BCUT2D eigenvalue weighted by Gasteiger charge is 2.24. The van der Waals surface area contributed by atoms with Crippen molar-refractivity contribution in [3.05, 3.63) is 48.3 Å². The smallest absolute Gasteiger partial charge is 0.253 e. The Morgan fingerprint density at radius 2 is 1.70 bits per heavy atom. The zero-order valence-corrected chi connectivity index (χ0v) is 16.0. The molecule has 7 heteroatoms. The second kappa shape index (κ2) is 8.81. The van der Waals surface area contributed by atoms with E-state index in [1.54, 1.807) is 10.9 Å². The lowest BCUT2D eigenvalue weighted by atomic mass is 10.1. The molecule has 27 heavy (non-hydrogen) atoms. The molecule has 2 aromatic rings. The number of carbonyl (C=O) groups excluding carboxylic acids is 2. The van der Waals surface area contributed by atoms with Gasteiger partial charge in [-0.1, -0.05) is 0 Å². The van der Waals surface area contributed by atoms with E-state index < -0.39 is 0 Å². The van der Waals surface area contributed by atoms with Crippen molar-refractivity contribution in [1.29, 1.82) is 0 Å². The van der Waals surface area contributed by atoms with Crippen LogP contribution in [0.5, 0.6) is 0 Å². The topological polar surface area (TPSA) is 61.7 Å². The third kappa shape index (κ3) is 4.54. The molecule has 1 fully saturated rings. The molecule has 2 amide bonds. The minimum atomic E-state index is 0.0386. The summed E-state index contributed by atoms with van der Waals surface area (Å²) in [5.41, 5.74) is 1.61. The maximum absolute atomic E-state index is 12.7. The minimum Gasteiger partial charge on any atom is -0.342 e. The van der Waals surface area contributed by atoms with E-state index in [9.17, 15) is 9.59 Å². The zero-order valence-electron chi connectivity index (χ0n) is 16.0. The van der Waals surface area contributed by atoms with E-state index in [4.69, 9.17) is 0 Å². The Morgan fingerprint density at radius 1 is 1.04 bits per heavy atom. The molecule has 0 bridgehead atoms. The van der Waals surface area contributed by atoms with Crippen LogP contribution in [-0.2, 0) is 4.79 Å². The number of rotatable bonds is 6. The van der Waals surface area contributed by atoms with E-state index in [0.717, 1.165) is 31.9 Å². The van der Waals surface area contributed by atoms with Gasteiger partial charge in [0.05, 0.1) is 12.2 Å². The van der Waals surface area contributed by atoms with E-state index in [2.05, 4.69) is 10.00 Å².